The van der Waals surface area contributed by atoms with Crippen LogP contribution in [0, 0.1) is 0 Å². The number of hydrogen-bond donors (Lipinski definition) is 2. The number of aromatic carboxylic acids is 1. The first-order valence-corrected chi connectivity index (χ1v) is 8.13. The molecule has 0 bridgehead atoms. The molecule has 0 saturated carbocycles. The minimum absolute atomic E-state index is 0.0459. The summed E-state index contributed by atoms with van der Waals surface area (Å²) in [4.78, 5) is 23.4. The van der Waals surface area contributed by atoms with E-state index in [4.69, 9.17) is 18.9 Å². The van der Waals surface area contributed by atoms with Crippen LogP contribution < -0.4 is 24.3 Å². The lowest BCUT2D eigenvalue weighted by Gasteiger charge is -2.15. The van der Waals surface area contributed by atoms with Crippen LogP contribution in [0.5, 0.6) is 23.0 Å². The molecule has 0 aliphatic heterocycles. The molecule has 0 heterocycles. The average Bonchev–Trinajstić information content (AvgIpc) is 2.67. The minimum Gasteiger partial charge on any atom is -0.494 e. The summed E-state index contributed by atoms with van der Waals surface area (Å²) >= 11 is 0. The van der Waals surface area contributed by atoms with Crippen molar-refractivity contribution in [2.24, 2.45) is 0 Å². The van der Waals surface area contributed by atoms with Gasteiger partial charge in [0.05, 0.1) is 32.1 Å². The number of nitrogens with one attached hydrogen (secondary N) is 1. The van der Waals surface area contributed by atoms with Gasteiger partial charge in [-0.1, -0.05) is 0 Å². The molecule has 2 N–H and O–H groups in total. The number of amides is 1. The Morgan fingerprint density at radius 1 is 1.00 bits per heavy atom. The maximum atomic E-state index is 12.2. The highest BCUT2D eigenvalue weighted by atomic mass is 16.5. The minimum atomic E-state index is -1.16. The molecule has 1 amide bonds. The predicted molar refractivity (Wildman–Crippen MR) is 98.2 cm³/mol. The molecule has 0 atom stereocenters. The molecule has 0 aliphatic carbocycles. The number of carbonyl (C=O) groups excluding carboxylic acids is 1. The van der Waals surface area contributed by atoms with Gasteiger partial charge in [0.25, 0.3) is 5.91 Å². The second-order valence-corrected chi connectivity index (χ2v) is 5.31. The van der Waals surface area contributed by atoms with Gasteiger partial charge in [-0.15, -0.1) is 0 Å². The van der Waals surface area contributed by atoms with E-state index >= 15 is 0 Å². The molecule has 0 aliphatic rings. The second kappa shape index (κ2) is 9.33. The number of anilines is 1. The summed E-state index contributed by atoms with van der Waals surface area (Å²) < 4.78 is 21.1. The van der Waals surface area contributed by atoms with Gasteiger partial charge in [-0.3, -0.25) is 4.79 Å². The van der Waals surface area contributed by atoms with E-state index in [1.54, 1.807) is 24.3 Å². The number of ether oxygens (including phenoxy) is 4. The van der Waals surface area contributed by atoms with E-state index in [1.165, 1.54) is 26.4 Å². The van der Waals surface area contributed by atoms with Crippen LogP contribution in [0.2, 0.25) is 0 Å². The van der Waals surface area contributed by atoms with E-state index in [9.17, 15) is 14.7 Å². The van der Waals surface area contributed by atoms with Crippen molar-refractivity contribution in [3.05, 3.63) is 42.0 Å². The van der Waals surface area contributed by atoms with Gasteiger partial charge in [-0.05, 0) is 43.3 Å². The number of carboxylic acids is 1. The molecule has 0 unspecified atom stereocenters. The van der Waals surface area contributed by atoms with Gasteiger partial charge in [0.1, 0.15) is 11.5 Å². The fourth-order valence-corrected chi connectivity index (χ4v) is 2.31. The summed E-state index contributed by atoms with van der Waals surface area (Å²) in [5.74, 6) is -0.0185. The standard InChI is InChI=1S/C19H21NO7/c1-4-26-13-5-7-14(8-6-13)27-11-17(21)20-15-9-12(19(22)23)10-16(24-2)18(15)25-3/h5-10H,4,11H2,1-3H3,(H,20,21)(H,22,23). The van der Waals surface area contributed by atoms with Crippen molar-refractivity contribution in [1.29, 1.82) is 0 Å². The Hall–Kier alpha value is -3.42. The normalized spacial score (nSPS) is 10.0. The molecule has 8 heteroatoms. The van der Waals surface area contributed by atoms with Crippen molar-refractivity contribution in [2.45, 2.75) is 6.92 Å². The van der Waals surface area contributed by atoms with E-state index in [2.05, 4.69) is 5.32 Å². The molecule has 2 rings (SSSR count). The van der Waals surface area contributed by atoms with E-state index in [0.717, 1.165) is 0 Å². The molecular formula is C19H21NO7. The maximum absolute atomic E-state index is 12.2. The largest absolute Gasteiger partial charge is 0.494 e. The van der Waals surface area contributed by atoms with Crippen LogP contribution >= 0.6 is 0 Å². The van der Waals surface area contributed by atoms with Gasteiger partial charge in [-0.2, -0.15) is 0 Å². The van der Waals surface area contributed by atoms with Gasteiger partial charge in [0.2, 0.25) is 0 Å². The summed E-state index contributed by atoms with van der Waals surface area (Å²) in [6.45, 7) is 2.18. The molecule has 0 fully saturated rings. The highest BCUT2D eigenvalue weighted by Crippen LogP contribution is 2.36. The molecule has 0 saturated heterocycles. The summed E-state index contributed by atoms with van der Waals surface area (Å²) in [5, 5.41) is 11.8. The van der Waals surface area contributed by atoms with Crippen LogP contribution in [0.3, 0.4) is 0 Å². The van der Waals surface area contributed by atoms with Crippen LogP contribution in [0.25, 0.3) is 0 Å². The Labute approximate surface area is 156 Å². The van der Waals surface area contributed by atoms with E-state index < -0.39 is 11.9 Å². The number of methoxy groups -OCH3 is 2. The number of rotatable bonds is 9. The monoisotopic (exact) mass is 375 g/mol. The first-order valence-electron chi connectivity index (χ1n) is 8.13. The third-order valence-electron chi connectivity index (χ3n) is 3.50. The highest BCUT2D eigenvalue weighted by molar-refractivity contribution is 5.97. The van der Waals surface area contributed by atoms with Gasteiger partial charge < -0.3 is 29.4 Å². The van der Waals surface area contributed by atoms with Crippen LogP contribution in [-0.4, -0.2) is 44.4 Å². The SMILES string of the molecule is CCOc1ccc(OCC(=O)Nc2cc(C(=O)O)cc(OC)c2OC)cc1. The van der Waals surface area contributed by atoms with Crippen molar-refractivity contribution in [2.75, 3.05) is 32.8 Å². The lowest BCUT2D eigenvalue weighted by molar-refractivity contribution is -0.118. The zero-order chi connectivity index (χ0) is 19.8. The predicted octanol–water partition coefficient (Wildman–Crippen LogP) is 2.82. The smallest absolute Gasteiger partial charge is 0.335 e. The quantitative estimate of drug-likeness (QED) is 0.694. The summed E-state index contributed by atoms with van der Waals surface area (Å²) in [6, 6.07) is 9.45. The average molecular weight is 375 g/mol. The number of benzene rings is 2. The Bertz CT molecular complexity index is 802. The molecule has 0 spiro atoms. The Balaban J connectivity index is 2.08. The van der Waals surface area contributed by atoms with Crippen LogP contribution in [-0.2, 0) is 4.79 Å². The van der Waals surface area contributed by atoms with E-state index in [0.29, 0.717) is 18.1 Å². The van der Waals surface area contributed by atoms with Crippen molar-refractivity contribution in [1.82, 2.24) is 0 Å². The Morgan fingerprint density at radius 3 is 2.15 bits per heavy atom. The third kappa shape index (κ3) is 5.27. The third-order valence-corrected chi connectivity index (χ3v) is 3.50. The van der Waals surface area contributed by atoms with Gasteiger partial charge in [0, 0.05) is 0 Å². The molecule has 8 nitrogen and oxygen atoms in total. The fourth-order valence-electron chi connectivity index (χ4n) is 2.31. The van der Waals surface area contributed by atoms with Crippen molar-refractivity contribution >= 4 is 17.6 Å². The summed E-state index contributed by atoms with van der Waals surface area (Å²) in [6.07, 6.45) is 0. The zero-order valence-electron chi connectivity index (χ0n) is 15.3. The number of hydrogen-bond acceptors (Lipinski definition) is 6. The molecule has 144 valence electrons. The summed E-state index contributed by atoms with van der Waals surface area (Å²) in [5.41, 5.74) is 0.130. The highest BCUT2D eigenvalue weighted by Gasteiger charge is 2.17. The van der Waals surface area contributed by atoms with Crippen molar-refractivity contribution in [3.8, 4) is 23.0 Å². The Kier molecular flexibility index (Phi) is 6.87. The van der Waals surface area contributed by atoms with Gasteiger partial charge in [-0.25, -0.2) is 4.79 Å². The van der Waals surface area contributed by atoms with Crippen LogP contribution in [0.4, 0.5) is 5.69 Å². The Morgan fingerprint density at radius 2 is 1.63 bits per heavy atom. The maximum Gasteiger partial charge on any atom is 0.335 e. The van der Waals surface area contributed by atoms with Crippen molar-refractivity contribution in [3.63, 3.8) is 0 Å². The molecule has 27 heavy (non-hydrogen) atoms. The van der Waals surface area contributed by atoms with Crippen LogP contribution in [0.1, 0.15) is 17.3 Å². The lowest BCUT2D eigenvalue weighted by atomic mass is 10.1. The van der Waals surface area contributed by atoms with Gasteiger partial charge in [0.15, 0.2) is 18.1 Å². The first-order chi connectivity index (χ1) is 13.0. The topological polar surface area (TPSA) is 103 Å². The second-order valence-electron chi connectivity index (χ2n) is 5.31. The molecule has 0 radical (unpaired) electrons. The van der Waals surface area contributed by atoms with Crippen LogP contribution in [0.15, 0.2) is 36.4 Å². The molecule has 2 aromatic rings. The van der Waals surface area contributed by atoms with E-state index in [1.807, 2.05) is 6.92 Å². The fraction of sp³-hybridized carbons (Fsp3) is 0.263. The molecular weight excluding hydrogens is 354 g/mol. The number of carbonyl (C=O) groups is 2. The molecule has 2 aromatic carbocycles. The first kappa shape index (κ1) is 19.9. The van der Waals surface area contributed by atoms with E-state index in [-0.39, 0.29) is 29.4 Å². The number of carboxylic acid groups (broad SMARTS) is 1. The molecule has 0 aromatic heterocycles. The lowest BCUT2D eigenvalue weighted by Crippen LogP contribution is -2.21. The summed E-state index contributed by atoms with van der Waals surface area (Å²) in [7, 11) is 2.77. The van der Waals surface area contributed by atoms with Crippen molar-refractivity contribution < 1.29 is 33.6 Å². The zero-order valence-corrected chi connectivity index (χ0v) is 15.3. The van der Waals surface area contributed by atoms with Gasteiger partial charge >= 0.3 is 5.97 Å².